The van der Waals surface area contributed by atoms with Crippen LogP contribution in [0.5, 0.6) is 0 Å². The summed E-state index contributed by atoms with van der Waals surface area (Å²) in [6.07, 6.45) is 1.35. The SMILES string of the molecule is CC(C)(C)OC(=O)N1C[C@@H]2[C@H](C1)C2(C)/C=N/O. The van der Waals surface area contributed by atoms with Crippen molar-refractivity contribution in [3.05, 3.63) is 0 Å². The fourth-order valence-corrected chi connectivity index (χ4v) is 2.71. The average Bonchev–Trinajstić information content (AvgIpc) is 2.61. The second-order valence-corrected chi connectivity index (χ2v) is 6.21. The molecule has 2 fully saturated rings. The second-order valence-electron chi connectivity index (χ2n) is 6.21. The Balaban J connectivity index is 1.89. The van der Waals surface area contributed by atoms with E-state index in [0.717, 1.165) is 0 Å². The summed E-state index contributed by atoms with van der Waals surface area (Å²) in [5.41, 5.74) is -0.479. The van der Waals surface area contributed by atoms with Gasteiger partial charge >= 0.3 is 6.09 Å². The molecule has 3 atom stereocenters. The molecule has 0 bridgehead atoms. The Morgan fingerprint density at radius 3 is 2.41 bits per heavy atom. The minimum absolute atomic E-state index is 0.0345. The maximum atomic E-state index is 11.8. The Morgan fingerprint density at radius 1 is 1.47 bits per heavy atom. The van der Waals surface area contributed by atoms with Crippen molar-refractivity contribution in [1.82, 2.24) is 4.90 Å². The largest absolute Gasteiger partial charge is 0.444 e. The van der Waals surface area contributed by atoms with Gasteiger partial charge in [0.15, 0.2) is 0 Å². The van der Waals surface area contributed by atoms with E-state index < -0.39 is 5.60 Å². The summed E-state index contributed by atoms with van der Waals surface area (Å²) in [6, 6.07) is 0. The first kappa shape index (κ1) is 12.2. The Bertz CT molecular complexity index is 347. The third kappa shape index (κ3) is 2.10. The minimum Gasteiger partial charge on any atom is -0.444 e. The van der Waals surface area contributed by atoms with Crippen LogP contribution in [0.1, 0.15) is 27.7 Å². The first-order valence-corrected chi connectivity index (χ1v) is 5.94. The molecule has 1 saturated carbocycles. The molecule has 2 aliphatic rings. The minimum atomic E-state index is -0.445. The van der Waals surface area contributed by atoms with Crippen LogP contribution in [0.3, 0.4) is 0 Å². The molecule has 5 heteroatoms. The van der Waals surface area contributed by atoms with Gasteiger partial charge in [-0.3, -0.25) is 0 Å². The average molecular weight is 240 g/mol. The fraction of sp³-hybridized carbons (Fsp3) is 0.833. The van der Waals surface area contributed by atoms with Gasteiger partial charge in [0.2, 0.25) is 0 Å². The van der Waals surface area contributed by atoms with Crippen molar-refractivity contribution in [3.63, 3.8) is 0 Å². The van der Waals surface area contributed by atoms with Crippen molar-refractivity contribution >= 4 is 12.3 Å². The van der Waals surface area contributed by atoms with E-state index >= 15 is 0 Å². The summed E-state index contributed by atoms with van der Waals surface area (Å²) in [5, 5.41) is 11.7. The quantitative estimate of drug-likeness (QED) is 0.433. The monoisotopic (exact) mass is 240 g/mol. The van der Waals surface area contributed by atoms with Crippen LogP contribution in [0.2, 0.25) is 0 Å². The molecule has 1 unspecified atom stereocenters. The van der Waals surface area contributed by atoms with Gasteiger partial charge in [-0.2, -0.15) is 0 Å². The highest BCUT2D eigenvalue weighted by Crippen LogP contribution is 2.61. The van der Waals surface area contributed by atoms with Crippen molar-refractivity contribution in [2.45, 2.75) is 33.3 Å². The van der Waals surface area contributed by atoms with Crippen molar-refractivity contribution in [2.24, 2.45) is 22.4 Å². The Labute approximate surface area is 101 Å². The smallest absolute Gasteiger partial charge is 0.410 e. The number of likely N-dealkylation sites (tertiary alicyclic amines) is 1. The molecule has 1 N–H and O–H groups in total. The van der Waals surface area contributed by atoms with E-state index in [2.05, 4.69) is 12.1 Å². The lowest BCUT2D eigenvalue weighted by Gasteiger charge is -2.26. The zero-order chi connectivity index (χ0) is 12.8. The number of hydrogen-bond donors (Lipinski definition) is 1. The van der Waals surface area contributed by atoms with E-state index in [4.69, 9.17) is 9.94 Å². The van der Waals surface area contributed by atoms with Crippen LogP contribution in [-0.4, -0.2) is 41.1 Å². The molecule has 0 aromatic heterocycles. The molecule has 5 nitrogen and oxygen atoms in total. The van der Waals surface area contributed by atoms with E-state index in [1.54, 1.807) is 11.1 Å². The maximum absolute atomic E-state index is 11.8. The Kier molecular flexibility index (Phi) is 2.60. The topological polar surface area (TPSA) is 62.1 Å². The summed E-state index contributed by atoms with van der Waals surface area (Å²) in [6.45, 7) is 9.05. The fourth-order valence-electron chi connectivity index (χ4n) is 2.71. The lowest BCUT2D eigenvalue weighted by atomic mass is 10.1. The van der Waals surface area contributed by atoms with E-state index in [0.29, 0.717) is 24.9 Å². The van der Waals surface area contributed by atoms with Gasteiger partial charge in [-0.25, -0.2) is 4.79 Å². The van der Waals surface area contributed by atoms with Crippen LogP contribution < -0.4 is 0 Å². The van der Waals surface area contributed by atoms with Crippen LogP contribution in [0, 0.1) is 17.3 Å². The molecule has 0 radical (unpaired) electrons. The molecule has 0 aromatic carbocycles. The van der Waals surface area contributed by atoms with Crippen LogP contribution in [0.4, 0.5) is 4.79 Å². The number of oxime groups is 1. The standard InChI is InChI=1S/C12H20N2O3/c1-11(2,3)17-10(15)14-5-8-9(6-14)12(8,4)7-13-16/h7-9,16H,5-6H2,1-4H3/b13-7+/t8-,9+,12?. The highest BCUT2D eigenvalue weighted by Gasteiger charge is 2.65. The molecular formula is C12H20N2O3. The van der Waals surface area contributed by atoms with Gasteiger partial charge in [-0.1, -0.05) is 6.92 Å². The normalized spacial score (nSPS) is 36.1. The van der Waals surface area contributed by atoms with Gasteiger partial charge in [0, 0.05) is 18.5 Å². The molecule has 17 heavy (non-hydrogen) atoms. The molecular weight excluding hydrogens is 220 g/mol. The molecule has 1 heterocycles. The van der Waals surface area contributed by atoms with Gasteiger partial charge in [-0.15, -0.1) is 5.16 Å². The van der Waals surface area contributed by atoms with Crippen LogP contribution in [-0.2, 0) is 4.74 Å². The molecule has 2 rings (SSSR count). The Morgan fingerprint density at radius 2 is 2.00 bits per heavy atom. The third-order valence-corrected chi connectivity index (χ3v) is 3.80. The van der Waals surface area contributed by atoms with Gasteiger partial charge in [0.05, 0.1) is 6.21 Å². The number of carbonyl (C=O) groups is 1. The molecule has 1 amide bonds. The lowest BCUT2D eigenvalue weighted by molar-refractivity contribution is 0.0262. The number of fused-ring (bicyclic) bond motifs is 1. The number of ether oxygens (including phenoxy) is 1. The maximum Gasteiger partial charge on any atom is 0.410 e. The first-order chi connectivity index (χ1) is 7.78. The molecule has 96 valence electrons. The number of hydrogen-bond acceptors (Lipinski definition) is 4. The van der Waals surface area contributed by atoms with Gasteiger partial charge < -0.3 is 14.8 Å². The molecule has 1 saturated heterocycles. The first-order valence-electron chi connectivity index (χ1n) is 5.94. The van der Waals surface area contributed by atoms with E-state index in [9.17, 15) is 4.79 Å². The predicted molar refractivity (Wildman–Crippen MR) is 63.2 cm³/mol. The summed E-state index contributed by atoms with van der Waals surface area (Å²) >= 11 is 0. The van der Waals surface area contributed by atoms with Crippen LogP contribution >= 0.6 is 0 Å². The zero-order valence-corrected chi connectivity index (χ0v) is 10.8. The number of carbonyl (C=O) groups excluding carboxylic acids is 1. The van der Waals surface area contributed by atoms with Crippen LogP contribution in [0.15, 0.2) is 5.16 Å². The molecule has 0 spiro atoms. The highest BCUT2D eigenvalue weighted by molar-refractivity contribution is 5.74. The molecule has 1 aliphatic carbocycles. The molecule has 1 aliphatic heterocycles. The summed E-state index contributed by atoms with van der Waals surface area (Å²) in [4.78, 5) is 13.6. The van der Waals surface area contributed by atoms with Gasteiger partial charge in [0.25, 0.3) is 0 Å². The summed E-state index contributed by atoms with van der Waals surface area (Å²) < 4.78 is 5.32. The number of nitrogens with zero attached hydrogens (tertiary/aromatic N) is 2. The number of piperidine rings is 1. The van der Waals surface area contributed by atoms with Crippen molar-refractivity contribution in [1.29, 1.82) is 0 Å². The van der Waals surface area contributed by atoms with E-state index in [-0.39, 0.29) is 11.5 Å². The zero-order valence-electron chi connectivity index (χ0n) is 10.8. The summed E-state index contributed by atoms with van der Waals surface area (Å²) in [7, 11) is 0. The van der Waals surface area contributed by atoms with E-state index in [1.807, 2.05) is 20.8 Å². The highest BCUT2D eigenvalue weighted by atomic mass is 16.6. The number of amides is 1. The van der Waals surface area contributed by atoms with Gasteiger partial charge in [0.1, 0.15) is 5.60 Å². The third-order valence-electron chi connectivity index (χ3n) is 3.80. The predicted octanol–water partition coefficient (Wildman–Crippen LogP) is 1.95. The number of rotatable bonds is 1. The second kappa shape index (κ2) is 3.62. The van der Waals surface area contributed by atoms with Crippen LogP contribution in [0.25, 0.3) is 0 Å². The molecule has 0 aromatic rings. The lowest BCUT2D eigenvalue weighted by Crippen LogP contribution is -2.38. The Hall–Kier alpha value is -1.26. The van der Waals surface area contributed by atoms with Crippen molar-refractivity contribution in [2.75, 3.05) is 13.1 Å². The summed E-state index contributed by atoms with van der Waals surface area (Å²) in [5.74, 6) is 0.817. The van der Waals surface area contributed by atoms with Crippen molar-refractivity contribution < 1.29 is 14.7 Å². The van der Waals surface area contributed by atoms with Crippen molar-refractivity contribution in [3.8, 4) is 0 Å². The van der Waals surface area contributed by atoms with E-state index in [1.165, 1.54) is 0 Å². The van der Waals surface area contributed by atoms with Gasteiger partial charge in [-0.05, 0) is 32.6 Å².